The summed E-state index contributed by atoms with van der Waals surface area (Å²) in [6, 6.07) is 13.1. The van der Waals surface area contributed by atoms with E-state index in [9.17, 15) is 0 Å². The van der Waals surface area contributed by atoms with Gasteiger partial charge in [0.2, 0.25) is 11.5 Å². The number of hydrogen-bond donors (Lipinski definition) is 0. The molecule has 0 saturated heterocycles. The summed E-state index contributed by atoms with van der Waals surface area (Å²) in [7, 11) is 1.91. The highest BCUT2D eigenvalue weighted by Gasteiger charge is 2.09. The highest BCUT2D eigenvalue weighted by Crippen LogP contribution is 2.34. The number of hydrogen-bond acceptors (Lipinski definition) is 1. The second-order valence-electron chi connectivity index (χ2n) is 5.15. The van der Waals surface area contributed by atoms with E-state index in [2.05, 4.69) is 0 Å². The van der Waals surface area contributed by atoms with E-state index in [-0.39, 0.29) is 12.4 Å². The van der Waals surface area contributed by atoms with Gasteiger partial charge < -0.3 is 17.1 Å². The van der Waals surface area contributed by atoms with E-state index in [1.165, 1.54) is 0 Å². The van der Waals surface area contributed by atoms with Crippen molar-refractivity contribution in [1.82, 2.24) is 4.57 Å². The lowest BCUT2D eigenvalue weighted by atomic mass is 10.2. The van der Waals surface area contributed by atoms with Crippen LogP contribution in [0.3, 0.4) is 0 Å². The molecular formula is C17H14Cl4N2O. The molecule has 0 unspecified atom stereocenters. The number of halogens is 4. The standard InChI is InChI=1S/C17H14Cl3N2O.ClH/c1-21-11-22(10-16(21)19)9-12-5-7-13(8-6-12)23-15-4-2-3-14(18)17(15)20;/h2-8,10-11H,9H2,1H3;1H/q+1;/p-1. The number of imidazole rings is 1. The van der Waals surface area contributed by atoms with Crippen LogP contribution in [-0.2, 0) is 13.6 Å². The van der Waals surface area contributed by atoms with E-state index < -0.39 is 0 Å². The van der Waals surface area contributed by atoms with Crippen LogP contribution in [0.1, 0.15) is 5.56 Å². The van der Waals surface area contributed by atoms with Crippen molar-refractivity contribution in [3.63, 3.8) is 0 Å². The number of rotatable bonds is 4. The van der Waals surface area contributed by atoms with Gasteiger partial charge in [-0.25, -0.2) is 9.13 Å². The lowest BCUT2D eigenvalue weighted by Gasteiger charge is -2.08. The van der Waals surface area contributed by atoms with Gasteiger partial charge in [0.25, 0.3) is 0 Å². The number of aromatic nitrogens is 2. The summed E-state index contributed by atoms with van der Waals surface area (Å²) in [5, 5.41) is 1.58. The second kappa shape index (κ2) is 8.13. The van der Waals surface area contributed by atoms with E-state index in [1.54, 1.807) is 18.2 Å². The van der Waals surface area contributed by atoms with Crippen molar-refractivity contribution in [2.45, 2.75) is 6.54 Å². The second-order valence-corrected chi connectivity index (χ2v) is 6.32. The minimum Gasteiger partial charge on any atom is -1.00 e. The van der Waals surface area contributed by atoms with Gasteiger partial charge in [0, 0.05) is 0 Å². The Hall–Kier alpha value is -1.39. The first-order chi connectivity index (χ1) is 11.0. The Morgan fingerprint density at radius 3 is 2.38 bits per heavy atom. The molecule has 3 nitrogen and oxygen atoms in total. The molecule has 0 spiro atoms. The summed E-state index contributed by atoms with van der Waals surface area (Å²) in [4.78, 5) is 0. The van der Waals surface area contributed by atoms with Gasteiger partial charge in [0.15, 0.2) is 0 Å². The zero-order valence-electron chi connectivity index (χ0n) is 12.7. The summed E-state index contributed by atoms with van der Waals surface area (Å²) in [6.45, 7) is 0.735. The smallest absolute Gasteiger partial charge is 0.245 e. The molecule has 0 bridgehead atoms. The molecule has 0 N–H and O–H groups in total. The Bertz CT molecular complexity index is 812. The third-order valence-electron chi connectivity index (χ3n) is 3.36. The number of benzene rings is 2. The molecule has 3 aromatic rings. The van der Waals surface area contributed by atoms with Gasteiger partial charge in [0.05, 0.1) is 12.1 Å². The molecule has 3 rings (SSSR count). The summed E-state index contributed by atoms with van der Waals surface area (Å²) in [5.41, 5.74) is 1.14. The van der Waals surface area contributed by atoms with E-state index in [1.807, 2.05) is 53.0 Å². The Balaban J connectivity index is 0.00000208. The summed E-state index contributed by atoms with van der Waals surface area (Å²) in [5.74, 6) is 1.24. The Morgan fingerprint density at radius 1 is 1.04 bits per heavy atom. The van der Waals surface area contributed by atoms with Gasteiger partial charge in [-0.05, 0) is 41.4 Å². The summed E-state index contributed by atoms with van der Waals surface area (Å²) < 4.78 is 9.65. The fourth-order valence-electron chi connectivity index (χ4n) is 2.19. The van der Waals surface area contributed by atoms with Crippen molar-refractivity contribution in [2.24, 2.45) is 7.05 Å². The largest absolute Gasteiger partial charge is 1.00 e. The van der Waals surface area contributed by atoms with E-state index in [0.29, 0.717) is 26.7 Å². The molecule has 2 aromatic carbocycles. The monoisotopic (exact) mass is 402 g/mol. The first kappa shape index (κ1) is 18.9. The molecule has 0 fully saturated rings. The van der Waals surface area contributed by atoms with Crippen molar-refractivity contribution < 1.29 is 21.7 Å². The minimum atomic E-state index is 0. The van der Waals surface area contributed by atoms with Crippen molar-refractivity contribution in [2.75, 3.05) is 0 Å². The Kier molecular flexibility index (Phi) is 6.41. The molecule has 24 heavy (non-hydrogen) atoms. The topological polar surface area (TPSA) is 18.0 Å². The molecule has 1 aromatic heterocycles. The number of nitrogens with zero attached hydrogens (tertiary/aromatic N) is 2. The van der Waals surface area contributed by atoms with Crippen LogP contribution in [0.15, 0.2) is 55.0 Å². The van der Waals surface area contributed by atoms with Gasteiger partial charge >= 0.3 is 0 Å². The average Bonchev–Trinajstić information content (AvgIpc) is 2.84. The zero-order chi connectivity index (χ0) is 16.4. The molecule has 0 aliphatic carbocycles. The van der Waals surface area contributed by atoms with Crippen LogP contribution < -0.4 is 21.7 Å². The van der Waals surface area contributed by atoms with Crippen molar-refractivity contribution in [1.29, 1.82) is 0 Å². The maximum absolute atomic E-state index is 6.12. The van der Waals surface area contributed by atoms with Crippen molar-refractivity contribution in [3.8, 4) is 11.5 Å². The molecule has 0 amide bonds. The van der Waals surface area contributed by atoms with Gasteiger partial charge in [-0.2, -0.15) is 0 Å². The molecule has 0 radical (unpaired) electrons. The average molecular weight is 404 g/mol. The fourth-order valence-corrected chi connectivity index (χ4v) is 2.69. The van der Waals surface area contributed by atoms with Crippen LogP contribution in [0.2, 0.25) is 15.2 Å². The maximum Gasteiger partial charge on any atom is 0.245 e. The fraction of sp³-hybridized carbons (Fsp3) is 0.118. The quantitative estimate of drug-likeness (QED) is 0.610. The van der Waals surface area contributed by atoms with Crippen LogP contribution in [-0.4, -0.2) is 4.57 Å². The van der Waals surface area contributed by atoms with Crippen LogP contribution in [0.5, 0.6) is 11.5 Å². The first-order valence-electron chi connectivity index (χ1n) is 6.94. The molecule has 1 heterocycles. The van der Waals surface area contributed by atoms with Crippen LogP contribution in [0.4, 0.5) is 0 Å². The zero-order valence-corrected chi connectivity index (χ0v) is 15.7. The minimum absolute atomic E-state index is 0. The van der Waals surface area contributed by atoms with E-state index in [4.69, 9.17) is 39.5 Å². The van der Waals surface area contributed by atoms with Crippen LogP contribution in [0, 0.1) is 0 Å². The van der Waals surface area contributed by atoms with Crippen molar-refractivity contribution >= 4 is 34.8 Å². The predicted molar refractivity (Wildman–Crippen MR) is 92.7 cm³/mol. The third-order valence-corrected chi connectivity index (χ3v) is 4.53. The normalized spacial score (nSPS) is 10.3. The SMILES string of the molecule is Cn1c[n+](Cc2ccc(Oc3cccc(Cl)c3Cl)cc2)cc1Cl.[Cl-]. The van der Waals surface area contributed by atoms with Gasteiger partial charge in [-0.1, -0.05) is 41.4 Å². The molecule has 0 saturated carbocycles. The predicted octanol–water partition coefficient (Wildman–Crippen LogP) is 2.12. The highest BCUT2D eigenvalue weighted by molar-refractivity contribution is 6.42. The van der Waals surface area contributed by atoms with Crippen LogP contribution >= 0.6 is 34.8 Å². The van der Waals surface area contributed by atoms with E-state index in [0.717, 1.165) is 12.1 Å². The van der Waals surface area contributed by atoms with Gasteiger partial charge in [-0.3, -0.25) is 0 Å². The van der Waals surface area contributed by atoms with Crippen molar-refractivity contribution in [3.05, 3.63) is 75.8 Å². The maximum atomic E-state index is 6.12. The molecule has 0 aliphatic heterocycles. The molecule has 126 valence electrons. The first-order valence-corrected chi connectivity index (χ1v) is 8.08. The Labute approximate surface area is 161 Å². The Morgan fingerprint density at radius 2 is 1.75 bits per heavy atom. The summed E-state index contributed by atoms with van der Waals surface area (Å²) in [6.07, 6.45) is 3.83. The summed E-state index contributed by atoms with van der Waals surface area (Å²) >= 11 is 18.1. The number of ether oxygens (including phenoxy) is 1. The lowest BCUT2D eigenvalue weighted by molar-refractivity contribution is -0.687. The third kappa shape index (κ3) is 4.37. The van der Waals surface area contributed by atoms with Gasteiger partial charge in [0.1, 0.15) is 29.3 Å². The van der Waals surface area contributed by atoms with Crippen LogP contribution in [0.25, 0.3) is 0 Å². The number of aryl methyl sites for hydroxylation is 1. The molecule has 7 heteroatoms. The molecule has 0 atom stereocenters. The lowest BCUT2D eigenvalue weighted by Crippen LogP contribution is -3.00. The van der Waals surface area contributed by atoms with E-state index >= 15 is 0 Å². The molecule has 0 aliphatic rings. The highest BCUT2D eigenvalue weighted by atomic mass is 35.5. The molecular weight excluding hydrogens is 390 g/mol. The van der Waals surface area contributed by atoms with Gasteiger partial charge in [-0.15, -0.1) is 0 Å².